The topological polar surface area (TPSA) is 59.1 Å². The van der Waals surface area contributed by atoms with Gasteiger partial charge < -0.3 is 9.47 Å². The Morgan fingerprint density at radius 1 is 0.658 bits per heavy atom. The second-order valence-corrected chi connectivity index (χ2v) is 10.0. The van der Waals surface area contributed by atoms with Crippen LogP contribution in [0.5, 0.6) is 0 Å². The van der Waals surface area contributed by atoms with Gasteiger partial charge in [-0.3, -0.25) is 19.4 Å². The fourth-order valence-corrected chi connectivity index (χ4v) is 5.19. The van der Waals surface area contributed by atoms with Gasteiger partial charge in [-0.1, -0.05) is 89.4 Å². The maximum absolute atomic E-state index is 11.8. The maximum atomic E-state index is 11.8. The van der Waals surface area contributed by atoms with Crippen LogP contribution in [0, 0.1) is 23.7 Å². The third-order valence-electron chi connectivity index (χ3n) is 7.05. The second kappa shape index (κ2) is 17.0. The Hall–Kier alpha value is -2.70. The van der Waals surface area contributed by atoms with Gasteiger partial charge in [0.25, 0.3) is 0 Å². The van der Waals surface area contributed by atoms with Crippen LogP contribution in [0.3, 0.4) is 0 Å². The molecular weight excluding hydrogens is 476 g/mol. The first-order valence-corrected chi connectivity index (χ1v) is 13.3. The van der Waals surface area contributed by atoms with Crippen molar-refractivity contribution in [2.24, 2.45) is 23.7 Å². The van der Waals surface area contributed by atoms with Crippen LogP contribution in [0.25, 0.3) is 0 Å². The third kappa shape index (κ3) is 9.88. The lowest BCUT2D eigenvalue weighted by molar-refractivity contribution is -0.149. The average molecular weight is 527 g/mol. The van der Waals surface area contributed by atoms with Crippen LogP contribution in [0.15, 0.2) is 60.7 Å². The average Bonchev–Trinajstić information content (AvgIpc) is 3.42. The van der Waals surface area contributed by atoms with E-state index >= 15 is 0 Å². The molecule has 0 aromatic heterocycles. The molecule has 0 spiro atoms. The van der Waals surface area contributed by atoms with Crippen molar-refractivity contribution >= 4 is 11.9 Å². The summed E-state index contributed by atoms with van der Waals surface area (Å²) >= 11 is 0. The van der Waals surface area contributed by atoms with E-state index < -0.39 is 0 Å². The van der Waals surface area contributed by atoms with Crippen molar-refractivity contribution in [3.63, 3.8) is 0 Å². The summed E-state index contributed by atoms with van der Waals surface area (Å²) in [5, 5.41) is 0. The number of benzene rings is 2. The number of ether oxygens (including phenoxy) is 2. The monoisotopic (exact) mass is 526 g/mol. The van der Waals surface area contributed by atoms with Crippen molar-refractivity contribution in [3.8, 4) is 0 Å². The Labute approximate surface area is 231 Å². The van der Waals surface area contributed by atoms with Gasteiger partial charge in [0.15, 0.2) is 0 Å². The SMILES string of the molecule is C.C.CCOC(=O)[C@@H]1CN(Cc2ccccc2)C[C@H]1C.CCOC(=O)[C@@H]1CN(Cc2ccccc2)C[C@H]1C. The molecule has 0 aliphatic carbocycles. The molecule has 6 nitrogen and oxygen atoms in total. The highest BCUT2D eigenvalue weighted by atomic mass is 16.5. The number of esters is 2. The van der Waals surface area contributed by atoms with Crippen LogP contribution in [-0.2, 0) is 32.2 Å². The minimum absolute atomic E-state index is 0. The summed E-state index contributed by atoms with van der Waals surface area (Å²) in [5.74, 6) is 0.754. The fraction of sp³-hybridized carbons (Fsp3) is 0.562. The first-order valence-electron chi connectivity index (χ1n) is 13.3. The lowest BCUT2D eigenvalue weighted by Gasteiger charge is -2.15. The second-order valence-electron chi connectivity index (χ2n) is 10.0. The largest absolute Gasteiger partial charge is 0.466 e. The molecule has 2 aliphatic rings. The molecule has 0 bridgehead atoms. The van der Waals surface area contributed by atoms with E-state index in [-0.39, 0.29) is 38.6 Å². The molecule has 4 atom stereocenters. The molecule has 2 aromatic carbocycles. The number of likely N-dealkylation sites (tertiary alicyclic amines) is 2. The zero-order valence-corrected chi connectivity index (χ0v) is 22.3. The van der Waals surface area contributed by atoms with Crippen molar-refractivity contribution in [1.82, 2.24) is 9.80 Å². The molecule has 2 heterocycles. The number of hydrogen-bond acceptors (Lipinski definition) is 6. The summed E-state index contributed by atoms with van der Waals surface area (Å²) in [7, 11) is 0. The van der Waals surface area contributed by atoms with Crippen LogP contribution in [-0.4, -0.2) is 61.1 Å². The first-order chi connectivity index (χ1) is 17.4. The van der Waals surface area contributed by atoms with E-state index in [1.165, 1.54) is 11.1 Å². The van der Waals surface area contributed by atoms with Crippen LogP contribution in [0.2, 0.25) is 0 Å². The lowest BCUT2D eigenvalue weighted by Crippen LogP contribution is -2.25. The zero-order valence-electron chi connectivity index (χ0n) is 22.3. The summed E-state index contributed by atoms with van der Waals surface area (Å²) in [6, 6.07) is 20.8. The summed E-state index contributed by atoms with van der Waals surface area (Å²) in [6.07, 6.45) is 0. The van der Waals surface area contributed by atoms with Gasteiger partial charge in [0, 0.05) is 39.3 Å². The van der Waals surface area contributed by atoms with Crippen molar-refractivity contribution in [3.05, 3.63) is 71.8 Å². The van der Waals surface area contributed by atoms with E-state index in [2.05, 4.69) is 72.2 Å². The minimum atomic E-state index is -0.0411. The van der Waals surface area contributed by atoms with Gasteiger partial charge in [0.1, 0.15) is 0 Å². The summed E-state index contributed by atoms with van der Waals surface area (Å²) in [5.41, 5.74) is 2.60. The fourth-order valence-electron chi connectivity index (χ4n) is 5.19. The van der Waals surface area contributed by atoms with Gasteiger partial charge in [0.2, 0.25) is 0 Å². The molecule has 0 N–H and O–H groups in total. The Kier molecular flexibility index (Phi) is 14.9. The summed E-state index contributed by atoms with van der Waals surface area (Å²) in [6.45, 7) is 14.3. The van der Waals surface area contributed by atoms with Crippen LogP contribution in [0.1, 0.15) is 53.7 Å². The maximum Gasteiger partial charge on any atom is 0.310 e. The van der Waals surface area contributed by atoms with E-state index in [0.29, 0.717) is 25.0 Å². The molecule has 0 amide bonds. The predicted molar refractivity (Wildman–Crippen MR) is 155 cm³/mol. The number of carbonyl (C=O) groups is 2. The molecule has 2 fully saturated rings. The molecule has 2 aliphatic heterocycles. The van der Waals surface area contributed by atoms with Gasteiger partial charge in [0.05, 0.1) is 25.0 Å². The van der Waals surface area contributed by atoms with Crippen LogP contribution < -0.4 is 0 Å². The quantitative estimate of drug-likeness (QED) is 0.399. The summed E-state index contributed by atoms with van der Waals surface area (Å²) in [4.78, 5) is 28.3. The lowest BCUT2D eigenvalue weighted by atomic mass is 9.99. The third-order valence-corrected chi connectivity index (χ3v) is 7.05. The van der Waals surface area contributed by atoms with Gasteiger partial charge >= 0.3 is 11.9 Å². The molecule has 4 rings (SSSR count). The van der Waals surface area contributed by atoms with Gasteiger partial charge in [-0.05, 0) is 36.8 Å². The van der Waals surface area contributed by atoms with Crippen molar-refractivity contribution in [2.45, 2.75) is 55.6 Å². The predicted octanol–water partition coefficient (Wildman–Crippen LogP) is 5.91. The zero-order chi connectivity index (χ0) is 25.9. The Balaban J connectivity index is 0.000000361. The van der Waals surface area contributed by atoms with Gasteiger partial charge in [-0.15, -0.1) is 0 Å². The smallest absolute Gasteiger partial charge is 0.310 e. The number of hydrogen-bond donors (Lipinski definition) is 0. The Morgan fingerprint density at radius 2 is 1.00 bits per heavy atom. The normalized spacial score (nSPS) is 22.8. The van der Waals surface area contributed by atoms with E-state index in [1.807, 2.05) is 26.0 Å². The van der Waals surface area contributed by atoms with Crippen molar-refractivity contribution in [1.29, 1.82) is 0 Å². The van der Waals surface area contributed by atoms with E-state index in [0.717, 1.165) is 39.3 Å². The molecule has 0 unspecified atom stereocenters. The van der Waals surface area contributed by atoms with Crippen molar-refractivity contribution < 1.29 is 19.1 Å². The molecule has 38 heavy (non-hydrogen) atoms. The number of carbonyl (C=O) groups excluding carboxylic acids is 2. The Bertz CT molecular complexity index is 859. The molecule has 0 radical (unpaired) electrons. The van der Waals surface area contributed by atoms with Crippen molar-refractivity contribution in [2.75, 3.05) is 39.4 Å². The van der Waals surface area contributed by atoms with Gasteiger partial charge in [-0.25, -0.2) is 0 Å². The van der Waals surface area contributed by atoms with Crippen LogP contribution >= 0.6 is 0 Å². The molecular formula is C32H50N2O4. The highest BCUT2D eigenvalue weighted by molar-refractivity contribution is 5.73. The highest BCUT2D eigenvalue weighted by Gasteiger charge is 2.36. The first kappa shape index (κ1) is 33.3. The van der Waals surface area contributed by atoms with Crippen LogP contribution in [0.4, 0.5) is 0 Å². The summed E-state index contributed by atoms with van der Waals surface area (Å²) < 4.78 is 10.3. The van der Waals surface area contributed by atoms with E-state index in [9.17, 15) is 9.59 Å². The van der Waals surface area contributed by atoms with Gasteiger partial charge in [-0.2, -0.15) is 0 Å². The minimum Gasteiger partial charge on any atom is -0.466 e. The molecule has 0 saturated carbocycles. The molecule has 6 heteroatoms. The highest BCUT2D eigenvalue weighted by Crippen LogP contribution is 2.26. The van der Waals surface area contributed by atoms with E-state index in [4.69, 9.17) is 9.47 Å². The Morgan fingerprint density at radius 3 is 1.32 bits per heavy atom. The van der Waals surface area contributed by atoms with E-state index in [1.54, 1.807) is 0 Å². The number of nitrogens with zero attached hydrogens (tertiary/aromatic N) is 2. The molecule has 2 saturated heterocycles. The molecule has 212 valence electrons. The number of rotatable bonds is 8. The standard InChI is InChI=1S/2C15H21NO2.2CH4/c2*1-3-18-15(17)14-11-16(9-12(14)2)10-13-7-5-4-6-8-13;;/h2*4-8,12,14H,3,9-11H2,1-2H3;2*1H4/t2*12-,14-;;/m11../s1. The molecule has 2 aromatic rings.